The highest BCUT2D eigenvalue weighted by atomic mass is 16.6. The second kappa shape index (κ2) is 9.85. The van der Waals surface area contributed by atoms with E-state index in [1.807, 2.05) is 6.07 Å². The molecule has 148 valence electrons. The first-order valence-electron chi connectivity index (χ1n) is 9.65. The van der Waals surface area contributed by atoms with Gasteiger partial charge in [-0.2, -0.15) is 0 Å². The molecule has 2 aromatic carbocycles. The number of para-hydroxylation sites is 1. The fourth-order valence-electron chi connectivity index (χ4n) is 3.62. The lowest BCUT2D eigenvalue weighted by molar-refractivity contribution is -0.385. The van der Waals surface area contributed by atoms with Gasteiger partial charge in [-0.25, -0.2) is 0 Å². The van der Waals surface area contributed by atoms with Crippen LogP contribution in [-0.4, -0.2) is 42.5 Å². The van der Waals surface area contributed by atoms with Gasteiger partial charge in [-0.15, -0.1) is 0 Å². The lowest BCUT2D eigenvalue weighted by Crippen LogP contribution is -2.42. The highest BCUT2D eigenvalue weighted by Crippen LogP contribution is 2.24. The maximum atomic E-state index is 11.2. The molecule has 0 saturated carbocycles. The minimum absolute atomic E-state index is 0.115. The summed E-state index contributed by atoms with van der Waals surface area (Å²) in [6.45, 7) is 3.27. The van der Waals surface area contributed by atoms with Gasteiger partial charge in [-0.3, -0.25) is 20.0 Å². The molecule has 1 fully saturated rings. The molecule has 0 amide bonds. The predicted octanol–water partition coefficient (Wildman–Crippen LogP) is 3.10. The molecule has 7 heteroatoms. The maximum absolute atomic E-state index is 11.2. The molecule has 0 aromatic heterocycles. The van der Waals surface area contributed by atoms with Crippen LogP contribution >= 0.6 is 0 Å². The summed E-state index contributed by atoms with van der Waals surface area (Å²) in [5.74, 6) is 0.637. The summed E-state index contributed by atoms with van der Waals surface area (Å²) in [6.07, 6.45) is 2.46. The van der Waals surface area contributed by atoms with E-state index in [-0.39, 0.29) is 16.7 Å². The van der Waals surface area contributed by atoms with Gasteiger partial charge in [-0.1, -0.05) is 48.5 Å². The first-order valence-corrected chi connectivity index (χ1v) is 9.65. The second-order valence-electron chi connectivity index (χ2n) is 6.86. The Labute approximate surface area is 165 Å². The summed E-state index contributed by atoms with van der Waals surface area (Å²) < 4.78 is 0. The molecule has 0 aliphatic carbocycles. The van der Waals surface area contributed by atoms with Crippen molar-refractivity contribution in [2.24, 2.45) is 4.99 Å². The van der Waals surface area contributed by atoms with Gasteiger partial charge in [-0.05, 0) is 31.5 Å². The summed E-state index contributed by atoms with van der Waals surface area (Å²) >= 11 is 0. The predicted molar refractivity (Wildman–Crippen MR) is 111 cm³/mol. The third kappa shape index (κ3) is 5.07. The van der Waals surface area contributed by atoms with Gasteiger partial charge in [0.15, 0.2) is 5.96 Å². The summed E-state index contributed by atoms with van der Waals surface area (Å²) in [5, 5.41) is 17.8. The zero-order chi connectivity index (χ0) is 19.8. The fraction of sp³-hybridized carbons (Fsp3) is 0.381. The van der Waals surface area contributed by atoms with Crippen molar-refractivity contribution >= 4 is 11.6 Å². The van der Waals surface area contributed by atoms with Gasteiger partial charge in [0.25, 0.3) is 5.69 Å². The van der Waals surface area contributed by atoms with Crippen LogP contribution in [0.1, 0.15) is 30.0 Å². The number of guanidine groups is 1. The molecule has 1 aliphatic rings. The smallest absolute Gasteiger partial charge is 0.274 e. The van der Waals surface area contributed by atoms with Crippen molar-refractivity contribution in [2.45, 2.75) is 25.4 Å². The average Bonchev–Trinajstić information content (AvgIpc) is 3.26. The highest BCUT2D eigenvalue weighted by molar-refractivity contribution is 5.79. The van der Waals surface area contributed by atoms with E-state index in [2.05, 4.69) is 44.8 Å². The largest absolute Gasteiger partial charge is 0.354 e. The van der Waals surface area contributed by atoms with Gasteiger partial charge in [0.05, 0.1) is 11.0 Å². The number of hydrogen-bond donors (Lipinski definition) is 2. The summed E-state index contributed by atoms with van der Waals surface area (Å²) in [7, 11) is 1.71. The zero-order valence-electron chi connectivity index (χ0n) is 16.2. The topological polar surface area (TPSA) is 82.8 Å². The van der Waals surface area contributed by atoms with E-state index in [1.165, 1.54) is 24.5 Å². The first-order chi connectivity index (χ1) is 13.7. The molecule has 0 radical (unpaired) electrons. The third-order valence-corrected chi connectivity index (χ3v) is 5.09. The van der Waals surface area contributed by atoms with Gasteiger partial charge in [0, 0.05) is 31.8 Å². The van der Waals surface area contributed by atoms with E-state index < -0.39 is 0 Å². The number of nitrogens with zero attached hydrogens (tertiary/aromatic N) is 3. The Kier molecular flexibility index (Phi) is 6.97. The molecule has 1 saturated heterocycles. The summed E-state index contributed by atoms with van der Waals surface area (Å²) in [6, 6.07) is 17.5. The molecule has 1 unspecified atom stereocenters. The monoisotopic (exact) mass is 381 g/mol. The molecule has 1 atom stereocenters. The van der Waals surface area contributed by atoms with E-state index >= 15 is 0 Å². The Morgan fingerprint density at radius 3 is 2.46 bits per heavy atom. The molecular formula is C21H27N5O2. The van der Waals surface area contributed by atoms with Crippen molar-refractivity contribution in [1.29, 1.82) is 0 Å². The Morgan fingerprint density at radius 2 is 1.79 bits per heavy atom. The SMILES string of the molecule is CN=C(NCc1ccccc1[N+](=O)[O-])NCC(c1ccccc1)N1CCCC1. The van der Waals surface area contributed by atoms with Crippen LogP contribution in [-0.2, 0) is 6.54 Å². The molecule has 7 nitrogen and oxygen atoms in total. The quantitative estimate of drug-likeness (QED) is 0.333. The number of likely N-dealkylation sites (tertiary alicyclic amines) is 1. The lowest BCUT2D eigenvalue weighted by Gasteiger charge is -2.29. The number of aliphatic imine (C=N–C) groups is 1. The minimum Gasteiger partial charge on any atom is -0.354 e. The first kappa shape index (κ1) is 19.8. The number of hydrogen-bond acceptors (Lipinski definition) is 4. The van der Waals surface area contributed by atoms with Gasteiger partial charge in [0.1, 0.15) is 0 Å². The van der Waals surface area contributed by atoms with Crippen LogP contribution in [0.25, 0.3) is 0 Å². The van der Waals surface area contributed by atoms with E-state index in [0.717, 1.165) is 19.6 Å². The van der Waals surface area contributed by atoms with Crippen molar-refractivity contribution in [1.82, 2.24) is 15.5 Å². The van der Waals surface area contributed by atoms with Crippen LogP contribution in [0.4, 0.5) is 5.69 Å². The number of nitro benzene ring substituents is 1. The molecule has 3 rings (SSSR count). The molecule has 28 heavy (non-hydrogen) atoms. The van der Waals surface area contributed by atoms with Crippen molar-refractivity contribution < 1.29 is 4.92 Å². The van der Waals surface area contributed by atoms with E-state index in [0.29, 0.717) is 18.1 Å². The zero-order valence-corrected chi connectivity index (χ0v) is 16.2. The average molecular weight is 381 g/mol. The summed E-state index contributed by atoms with van der Waals surface area (Å²) in [5.41, 5.74) is 2.03. The molecule has 0 spiro atoms. The molecule has 1 heterocycles. The fourth-order valence-corrected chi connectivity index (χ4v) is 3.62. The van der Waals surface area contributed by atoms with Crippen LogP contribution < -0.4 is 10.6 Å². The molecule has 2 aromatic rings. The molecule has 0 bridgehead atoms. The van der Waals surface area contributed by atoms with Gasteiger partial charge in [0.2, 0.25) is 0 Å². The Balaban J connectivity index is 1.63. The van der Waals surface area contributed by atoms with Gasteiger partial charge >= 0.3 is 0 Å². The van der Waals surface area contributed by atoms with E-state index in [4.69, 9.17) is 0 Å². The number of rotatable bonds is 7. The van der Waals surface area contributed by atoms with Crippen molar-refractivity contribution in [3.05, 3.63) is 75.8 Å². The summed E-state index contributed by atoms with van der Waals surface area (Å²) in [4.78, 5) is 17.6. The second-order valence-corrected chi connectivity index (χ2v) is 6.86. The molecule has 1 aliphatic heterocycles. The number of benzene rings is 2. The Bertz CT molecular complexity index is 803. The highest BCUT2D eigenvalue weighted by Gasteiger charge is 2.23. The van der Waals surface area contributed by atoms with E-state index in [1.54, 1.807) is 25.2 Å². The minimum atomic E-state index is -0.355. The number of nitro groups is 1. The van der Waals surface area contributed by atoms with Crippen molar-refractivity contribution in [3.63, 3.8) is 0 Å². The standard InChI is InChI=1S/C21H27N5O2/c1-22-21(23-15-18-11-5-6-12-19(18)26(27)28)24-16-20(25-13-7-8-14-25)17-9-3-2-4-10-17/h2-6,9-12,20H,7-8,13-16H2,1H3,(H2,22,23,24). The van der Waals surface area contributed by atoms with Crippen LogP contribution in [0.15, 0.2) is 59.6 Å². The van der Waals surface area contributed by atoms with Crippen LogP contribution in [0.3, 0.4) is 0 Å². The third-order valence-electron chi connectivity index (χ3n) is 5.09. The Morgan fingerprint density at radius 1 is 1.11 bits per heavy atom. The van der Waals surface area contributed by atoms with Crippen molar-refractivity contribution in [3.8, 4) is 0 Å². The maximum Gasteiger partial charge on any atom is 0.274 e. The molecule has 2 N–H and O–H groups in total. The normalized spacial score (nSPS) is 16.0. The van der Waals surface area contributed by atoms with E-state index in [9.17, 15) is 10.1 Å². The van der Waals surface area contributed by atoms with Crippen LogP contribution in [0.5, 0.6) is 0 Å². The number of nitrogens with one attached hydrogen (secondary N) is 2. The van der Waals surface area contributed by atoms with Crippen LogP contribution in [0, 0.1) is 10.1 Å². The Hall–Kier alpha value is -2.93. The van der Waals surface area contributed by atoms with Crippen molar-refractivity contribution in [2.75, 3.05) is 26.7 Å². The van der Waals surface area contributed by atoms with Crippen LogP contribution in [0.2, 0.25) is 0 Å². The molecular weight excluding hydrogens is 354 g/mol. The van der Waals surface area contributed by atoms with Gasteiger partial charge < -0.3 is 10.6 Å². The lowest BCUT2D eigenvalue weighted by atomic mass is 10.1.